The van der Waals surface area contributed by atoms with Crippen LogP contribution in [0.5, 0.6) is 0 Å². The Morgan fingerprint density at radius 3 is 2.37 bits per heavy atom. The quantitative estimate of drug-likeness (QED) is 0.370. The van der Waals surface area contributed by atoms with E-state index in [1.807, 2.05) is 14.1 Å². The van der Waals surface area contributed by atoms with Crippen LogP contribution >= 0.6 is 0 Å². The minimum atomic E-state index is -3.94. The Morgan fingerprint density at radius 2 is 1.85 bits per heavy atom. The summed E-state index contributed by atoms with van der Waals surface area (Å²) in [6.45, 7) is 6.51. The molecule has 1 saturated heterocycles. The van der Waals surface area contributed by atoms with Gasteiger partial charge in [0.05, 0.1) is 4.90 Å². The van der Waals surface area contributed by atoms with E-state index in [1.165, 1.54) is 31.2 Å². The first-order valence-corrected chi connectivity index (χ1v) is 10.7. The Morgan fingerprint density at radius 1 is 1.26 bits per heavy atom. The van der Waals surface area contributed by atoms with E-state index in [0.717, 1.165) is 6.54 Å². The van der Waals surface area contributed by atoms with Crippen molar-refractivity contribution in [2.24, 2.45) is 5.92 Å². The average Bonchev–Trinajstić information content (AvgIpc) is 2.60. The van der Waals surface area contributed by atoms with Crippen molar-refractivity contribution in [2.45, 2.75) is 37.3 Å². The van der Waals surface area contributed by atoms with Gasteiger partial charge >= 0.3 is 0 Å². The Balaban J connectivity index is 2.14. The molecular formula is C19H31N3O4S. The third-order valence-corrected chi connectivity index (χ3v) is 6.07. The molecule has 1 aliphatic heterocycles. The van der Waals surface area contributed by atoms with Gasteiger partial charge in [-0.3, -0.25) is 10.1 Å². The number of hydrogen-bond acceptors (Lipinski definition) is 7. The van der Waals surface area contributed by atoms with E-state index in [4.69, 9.17) is 4.18 Å². The molecule has 1 aliphatic rings. The second-order valence-corrected chi connectivity index (χ2v) is 9.16. The standard InChI is InChI=1S/C19H31N3O4S/c1-15(14-22(3)4)13-21-19(9-11-20-12-10-19)26-27(24,25)18-7-5-17(6-8-18)16(2)23/h5-8,15,20-21H,9-14H2,1-4H3. The Hall–Kier alpha value is -1.32. The van der Waals surface area contributed by atoms with Crippen LogP contribution in [0.25, 0.3) is 0 Å². The lowest BCUT2D eigenvalue weighted by Crippen LogP contribution is -2.56. The van der Waals surface area contributed by atoms with Crippen molar-refractivity contribution in [1.82, 2.24) is 15.5 Å². The fourth-order valence-electron chi connectivity index (χ4n) is 3.28. The Kier molecular flexibility index (Phi) is 7.53. The molecule has 2 N–H and O–H groups in total. The molecule has 0 spiro atoms. The van der Waals surface area contributed by atoms with Crippen LogP contribution in [0, 0.1) is 5.92 Å². The van der Waals surface area contributed by atoms with Gasteiger partial charge in [0.25, 0.3) is 10.1 Å². The minimum absolute atomic E-state index is 0.0635. The maximum Gasteiger partial charge on any atom is 0.298 e. The van der Waals surface area contributed by atoms with Crippen LogP contribution < -0.4 is 10.6 Å². The topological polar surface area (TPSA) is 87.7 Å². The molecule has 0 aromatic heterocycles. The SMILES string of the molecule is CC(=O)c1ccc(S(=O)(=O)OC2(NCC(C)CN(C)C)CCNCC2)cc1. The van der Waals surface area contributed by atoms with Crippen LogP contribution in [0.1, 0.15) is 37.0 Å². The monoisotopic (exact) mass is 397 g/mol. The van der Waals surface area contributed by atoms with Gasteiger partial charge in [-0.2, -0.15) is 8.42 Å². The summed E-state index contributed by atoms with van der Waals surface area (Å²) >= 11 is 0. The van der Waals surface area contributed by atoms with Crippen LogP contribution in [0.2, 0.25) is 0 Å². The summed E-state index contributed by atoms with van der Waals surface area (Å²) in [5, 5.41) is 6.62. The molecule has 1 atom stereocenters. The lowest BCUT2D eigenvalue weighted by atomic mass is 10.0. The Bertz CT molecular complexity index is 726. The van der Waals surface area contributed by atoms with Crippen LogP contribution in [-0.4, -0.2) is 65.1 Å². The third kappa shape index (κ3) is 6.36. The van der Waals surface area contributed by atoms with Crippen molar-refractivity contribution in [3.8, 4) is 0 Å². The number of hydrogen-bond donors (Lipinski definition) is 2. The predicted octanol–water partition coefficient (Wildman–Crippen LogP) is 1.46. The molecule has 1 aromatic rings. The van der Waals surface area contributed by atoms with Gasteiger partial charge in [0, 0.05) is 31.5 Å². The molecule has 0 saturated carbocycles. The zero-order chi connectivity index (χ0) is 20.1. The highest BCUT2D eigenvalue weighted by Crippen LogP contribution is 2.26. The summed E-state index contributed by atoms with van der Waals surface area (Å²) in [4.78, 5) is 13.6. The van der Waals surface area contributed by atoms with Crippen molar-refractivity contribution < 1.29 is 17.4 Å². The Labute approximate surface area is 162 Å². The van der Waals surface area contributed by atoms with Crippen LogP contribution in [0.4, 0.5) is 0 Å². The van der Waals surface area contributed by atoms with Crippen LogP contribution in [0.15, 0.2) is 29.2 Å². The van der Waals surface area contributed by atoms with Gasteiger partial charge in [-0.15, -0.1) is 0 Å². The van der Waals surface area contributed by atoms with Crippen LogP contribution in [0.3, 0.4) is 0 Å². The number of Topliss-reactive ketones (excluding diaryl/α,β-unsaturated/α-hetero) is 1. The van der Waals surface area contributed by atoms with E-state index in [9.17, 15) is 13.2 Å². The molecule has 2 rings (SSSR count). The fourth-order valence-corrected chi connectivity index (χ4v) is 4.49. The van der Waals surface area contributed by atoms with E-state index in [-0.39, 0.29) is 10.7 Å². The zero-order valence-electron chi connectivity index (χ0n) is 16.6. The molecule has 1 fully saturated rings. The predicted molar refractivity (Wildman–Crippen MR) is 105 cm³/mol. The van der Waals surface area contributed by atoms with E-state index in [2.05, 4.69) is 22.5 Å². The largest absolute Gasteiger partial charge is 0.316 e. The van der Waals surface area contributed by atoms with Crippen molar-refractivity contribution >= 4 is 15.9 Å². The second-order valence-electron chi connectivity index (χ2n) is 7.61. The number of rotatable bonds is 9. The third-order valence-electron chi connectivity index (χ3n) is 4.68. The number of carbonyl (C=O) groups excluding carboxylic acids is 1. The van der Waals surface area contributed by atoms with Gasteiger partial charge < -0.3 is 10.2 Å². The number of nitrogens with zero attached hydrogens (tertiary/aromatic N) is 1. The fraction of sp³-hybridized carbons (Fsp3) is 0.632. The number of carbonyl (C=O) groups is 1. The first kappa shape index (κ1) is 22.0. The first-order chi connectivity index (χ1) is 12.6. The van der Waals surface area contributed by atoms with Crippen molar-refractivity contribution in [2.75, 3.05) is 40.3 Å². The van der Waals surface area contributed by atoms with Gasteiger partial charge in [0.15, 0.2) is 5.78 Å². The summed E-state index contributed by atoms with van der Waals surface area (Å²) < 4.78 is 31.4. The highest BCUT2D eigenvalue weighted by Gasteiger charge is 2.38. The van der Waals surface area contributed by atoms with Gasteiger partial charge in [-0.25, -0.2) is 4.18 Å². The van der Waals surface area contributed by atoms with Crippen molar-refractivity contribution in [3.63, 3.8) is 0 Å². The molecule has 8 heteroatoms. The molecule has 1 heterocycles. The maximum atomic E-state index is 12.8. The number of piperidine rings is 1. The van der Waals surface area contributed by atoms with Gasteiger partial charge in [0.1, 0.15) is 5.72 Å². The molecule has 152 valence electrons. The van der Waals surface area contributed by atoms with Crippen molar-refractivity contribution in [3.05, 3.63) is 29.8 Å². The zero-order valence-corrected chi connectivity index (χ0v) is 17.4. The van der Waals surface area contributed by atoms with Gasteiger partial charge in [-0.1, -0.05) is 19.1 Å². The highest BCUT2D eigenvalue weighted by molar-refractivity contribution is 7.86. The van der Waals surface area contributed by atoms with E-state index in [0.29, 0.717) is 44.0 Å². The molecule has 1 aromatic carbocycles. The molecule has 0 radical (unpaired) electrons. The number of nitrogens with one attached hydrogen (secondary N) is 2. The normalized spacial score (nSPS) is 18.4. The smallest absolute Gasteiger partial charge is 0.298 e. The summed E-state index contributed by atoms with van der Waals surface area (Å²) in [5.74, 6) is 0.249. The van der Waals surface area contributed by atoms with E-state index < -0.39 is 15.8 Å². The first-order valence-electron chi connectivity index (χ1n) is 9.31. The molecular weight excluding hydrogens is 366 g/mol. The summed E-state index contributed by atoms with van der Waals surface area (Å²) in [6.07, 6.45) is 1.12. The second kappa shape index (κ2) is 9.25. The lowest BCUT2D eigenvalue weighted by molar-refractivity contribution is 0.00626. The number of ketones is 1. The van der Waals surface area contributed by atoms with Crippen LogP contribution in [-0.2, 0) is 14.3 Å². The molecule has 0 aliphatic carbocycles. The molecule has 7 nitrogen and oxygen atoms in total. The molecule has 0 bridgehead atoms. The minimum Gasteiger partial charge on any atom is -0.316 e. The van der Waals surface area contributed by atoms with E-state index in [1.54, 1.807) is 0 Å². The summed E-state index contributed by atoms with van der Waals surface area (Å²) in [6, 6.07) is 5.88. The summed E-state index contributed by atoms with van der Waals surface area (Å²) in [7, 11) is 0.0889. The number of benzene rings is 1. The van der Waals surface area contributed by atoms with E-state index >= 15 is 0 Å². The highest BCUT2D eigenvalue weighted by atomic mass is 32.2. The molecule has 0 amide bonds. The van der Waals surface area contributed by atoms with Crippen molar-refractivity contribution in [1.29, 1.82) is 0 Å². The molecule has 1 unspecified atom stereocenters. The average molecular weight is 398 g/mol. The van der Waals surface area contributed by atoms with Gasteiger partial charge in [-0.05, 0) is 52.2 Å². The lowest BCUT2D eigenvalue weighted by Gasteiger charge is -2.38. The maximum absolute atomic E-state index is 12.8. The molecule has 27 heavy (non-hydrogen) atoms. The summed E-state index contributed by atoms with van der Waals surface area (Å²) in [5.41, 5.74) is -0.439. The van der Waals surface area contributed by atoms with Gasteiger partial charge in [0.2, 0.25) is 0 Å².